The lowest BCUT2D eigenvalue weighted by Crippen LogP contribution is -2.41. The topological polar surface area (TPSA) is 58.6 Å². The molecule has 132 valence electrons. The number of amides is 1. The maximum atomic E-state index is 12.7. The Bertz CT molecular complexity index is 700. The third-order valence-corrected chi connectivity index (χ3v) is 4.24. The molecule has 6 nitrogen and oxygen atoms in total. The molecule has 1 amide bonds. The quantitative estimate of drug-likeness (QED) is 0.836. The summed E-state index contributed by atoms with van der Waals surface area (Å²) in [5.41, 5.74) is 1.62. The summed E-state index contributed by atoms with van der Waals surface area (Å²) in [6, 6.07) is 12.1. The Morgan fingerprint density at radius 1 is 1.20 bits per heavy atom. The predicted molar refractivity (Wildman–Crippen MR) is 96.5 cm³/mol. The third-order valence-electron chi connectivity index (χ3n) is 4.24. The number of hydrogen-bond donors (Lipinski definition) is 0. The molecule has 2 heterocycles. The van der Waals surface area contributed by atoms with Crippen molar-refractivity contribution in [1.29, 1.82) is 0 Å². The van der Waals surface area contributed by atoms with Crippen LogP contribution in [0.5, 0.6) is 0 Å². The number of rotatable bonds is 5. The molecule has 0 spiro atoms. The number of benzene rings is 1. The lowest BCUT2D eigenvalue weighted by Gasteiger charge is -2.28. The lowest BCUT2D eigenvalue weighted by atomic mass is 10.2. The summed E-state index contributed by atoms with van der Waals surface area (Å²) in [6.45, 7) is 7.27. The number of anilines is 1. The van der Waals surface area contributed by atoms with E-state index in [2.05, 4.69) is 40.8 Å². The smallest absolute Gasteiger partial charge is 0.272 e. The van der Waals surface area contributed by atoms with E-state index in [1.54, 1.807) is 17.2 Å². The summed E-state index contributed by atoms with van der Waals surface area (Å²) < 4.78 is 5.31. The van der Waals surface area contributed by atoms with Gasteiger partial charge in [0.05, 0.1) is 13.2 Å². The highest BCUT2D eigenvalue weighted by Crippen LogP contribution is 2.17. The van der Waals surface area contributed by atoms with Crippen LogP contribution in [0.25, 0.3) is 0 Å². The highest BCUT2D eigenvalue weighted by Gasteiger charge is 2.22. The molecular weight excluding hydrogens is 316 g/mol. The van der Waals surface area contributed by atoms with Gasteiger partial charge in [-0.15, -0.1) is 0 Å². The van der Waals surface area contributed by atoms with Gasteiger partial charge in [-0.25, -0.2) is 9.97 Å². The van der Waals surface area contributed by atoms with Gasteiger partial charge in [-0.1, -0.05) is 30.3 Å². The van der Waals surface area contributed by atoms with Crippen molar-refractivity contribution in [2.24, 2.45) is 0 Å². The van der Waals surface area contributed by atoms with Crippen molar-refractivity contribution in [3.63, 3.8) is 0 Å². The zero-order valence-corrected chi connectivity index (χ0v) is 14.8. The molecule has 1 aromatic carbocycles. The summed E-state index contributed by atoms with van der Waals surface area (Å²) >= 11 is 0. The average Bonchev–Trinajstić information content (AvgIpc) is 2.67. The summed E-state index contributed by atoms with van der Waals surface area (Å²) in [6.07, 6.45) is 1.66. The number of nitrogens with zero attached hydrogens (tertiary/aromatic N) is 4. The molecule has 2 aromatic rings. The van der Waals surface area contributed by atoms with Gasteiger partial charge in [0.2, 0.25) is 5.95 Å². The molecule has 1 aliphatic rings. The number of carbonyl (C=O) groups is 1. The molecule has 0 saturated carbocycles. The van der Waals surface area contributed by atoms with Crippen molar-refractivity contribution in [2.75, 3.05) is 31.2 Å². The van der Waals surface area contributed by atoms with Gasteiger partial charge in [-0.3, -0.25) is 4.79 Å². The van der Waals surface area contributed by atoms with Crippen molar-refractivity contribution < 1.29 is 9.53 Å². The van der Waals surface area contributed by atoms with Gasteiger partial charge < -0.3 is 14.5 Å². The standard InChI is InChI=1S/C19H24N4O2/c1-15(2)23(14-16-6-4-3-5-7-16)19-20-9-8-17(21-19)18(24)22-10-12-25-13-11-22/h3-9,15H,10-14H2,1-2H3. The summed E-state index contributed by atoms with van der Waals surface area (Å²) in [5, 5.41) is 0. The van der Waals surface area contributed by atoms with Gasteiger partial charge in [0.15, 0.2) is 0 Å². The fraction of sp³-hybridized carbons (Fsp3) is 0.421. The number of aromatic nitrogens is 2. The summed E-state index contributed by atoms with van der Waals surface area (Å²) in [7, 11) is 0. The van der Waals surface area contributed by atoms with Crippen LogP contribution < -0.4 is 4.90 Å². The van der Waals surface area contributed by atoms with Crippen LogP contribution in [0.4, 0.5) is 5.95 Å². The first-order chi connectivity index (χ1) is 12.1. The minimum atomic E-state index is -0.0598. The number of hydrogen-bond acceptors (Lipinski definition) is 5. The van der Waals surface area contributed by atoms with Gasteiger partial charge in [0, 0.05) is 31.9 Å². The minimum absolute atomic E-state index is 0.0598. The van der Waals surface area contributed by atoms with Crippen LogP contribution in [0.1, 0.15) is 29.9 Å². The van der Waals surface area contributed by atoms with Crippen molar-refractivity contribution in [3.05, 3.63) is 53.9 Å². The zero-order chi connectivity index (χ0) is 17.6. The van der Waals surface area contributed by atoms with Gasteiger partial charge in [-0.05, 0) is 25.5 Å². The van der Waals surface area contributed by atoms with Crippen molar-refractivity contribution in [2.45, 2.75) is 26.4 Å². The third kappa shape index (κ3) is 4.33. The molecule has 0 atom stereocenters. The Balaban J connectivity index is 1.81. The van der Waals surface area contributed by atoms with E-state index in [-0.39, 0.29) is 11.9 Å². The minimum Gasteiger partial charge on any atom is -0.378 e. The van der Waals surface area contributed by atoms with E-state index in [0.29, 0.717) is 44.5 Å². The molecule has 1 saturated heterocycles. The maximum absolute atomic E-state index is 12.7. The Hall–Kier alpha value is -2.47. The molecule has 0 bridgehead atoms. The normalized spacial score (nSPS) is 14.6. The highest BCUT2D eigenvalue weighted by atomic mass is 16.5. The molecule has 25 heavy (non-hydrogen) atoms. The number of carbonyl (C=O) groups excluding carboxylic acids is 1. The van der Waals surface area contributed by atoms with Crippen molar-refractivity contribution >= 4 is 11.9 Å². The van der Waals surface area contributed by atoms with E-state index in [1.165, 1.54) is 5.56 Å². The van der Waals surface area contributed by atoms with E-state index in [1.807, 2.05) is 18.2 Å². The summed E-state index contributed by atoms with van der Waals surface area (Å²) in [4.78, 5) is 25.5. The molecule has 1 fully saturated rings. The molecule has 3 rings (SSSR count). The average molecular weight is 340 g/mol. The van der Waals surface area contributed by atoms with E-state index < -0.39 is 0 Å². The van der Waals surface area contributed by atoms with Crippen molar-refractivity contribution in [1.82, 2.24) is 14.9 Å². The molecule has 0 N–H and O–H groups in total. The second-order valence-corrected chi connectivity index (χ2v) is 6.35. The maximum Gasteiger partial charge on any atom is 0.272 e. The predicted octanol–water partition coefficient (Wildman–Crippen LogP) is 2.36. The van der Waals surface area contributed by atoms with Crippen LogP contribution in [0.2, 0.25) is 0 Å². The largest absolute Gasteiger partial charge is 0.378 e. The van der Waals surface area contributed by atoms with Gasteiger partial charge in [0.1, 0.15) is 5.69 Å². The first kappa shape index (κ1) is 17.4. The second-order valence-electron chi connectivity index (χ2n) is 6.35. The molecule has 1 aromatic heterocycles. The van der Waals surface area contributed by atoms with Gasteiger partial charge in [0.25, 0.3) is 5.91 Å². The fourth-order valence-corrected chi connectivity index (χ4v) is 2.80. The zero-order valence-electron chi connectivity index (χ0n) is 14.8. The molecular formula is C19H24N4O2. The fourth-order valence-electron chi connectivity index (χ4n) is 2.80. The first-order valence-electron chi connectivity index (χ1n) is 8.66. The van der Waals surface area contributed by atoms with Crippen LogP contribution in [0.3, 0.4) is 0 Å². The summed E-state index contributed by atoms with van der Waals surface area (Å²) in [5.74, 6) is 0.522. The van der Waals surface area contributed by atoms with Crippen LogP contribution in [-0.2, 0) is 11.3 Å². The van der Waals surface area contributed by atoms with Gasteiger partial charge >= 0.3 is 0 Å². The molecule has 0 unspecified atom stereocenters. The van der Waals surface area contributed by atoms with Gasteiger partial charge in [-0.2, -0.15) is 0 Å². The van der Waals surface area contributed by atoms with E-state index in [9.17, 15) is 4.79 Å². The SMILES string of the molecule is CC(C)N(Cc1ccccc1)c1nccc(C(=O)N2CCOCC2)n1. The number of morpholine rings is 1. The van der Waals surface area contributed by atoms with Crippen LogP contribution >= 0.6 is 0 Å². The Morgan fingerprint density at radius 3 is 2.60 bits per heavy atom. The Labute approximate surface area is 148 Å². The molecule has 6 heteroatoms. The lowest BCUT2D eigenvalue weighted by molar-refractivity contribution is 0.0299. The van der Waals surface area contributed by atoms with E-state index in [4.69, 9.17) is 4.74 Å². The molecule has 0 aliphatic carbocycles. The van der Waals surface area contributed by atoms with Crippen LogP contribution in [0, 0.1) is 0 Å². The first-order valence-corrected chi connectivity index (χ1v) is 8.66. The Morgan fingerprint density at radius 2 is 1.92 bits per heavy atom. The van der Waals surface area contributed by atoms with E-state index >= 15 is 0 Å². The monoisotopic (exact) mass is 340 g/mol. The van der Waals surface area contributed by atoms with Crippen LogP contribution in [0.15, 0.2) is 42.6 Å². The highest BCUT2D eigenvalue weighted by molar-refractivity contribution is 5.92. The molecule has 0 radical (unpaired) electrons. The van der Waals surface area contributed by atoms with Crippen molar-refractivity contribution in [3.8, 4) is 0 Å². The molecule has 1 aliphatic heterocycles. The Kier molecular flexibility index (Phi) is 5.60. The van der Waals surface area contributed by atoms with E-state index in [0.717, 1.165) is 0 Å². The number of ether oxygens (including phenoxy) is 1. The second kappa shape index (κ2) is 8.07. The van der Waals surface area contributed by atoms with Crippen LogP contribution in [-0.4, -0.2) is 53.1 Å².